The van der Waals surface area contributed by atoms with Crippen LogP contribution >= 0.6 is 0 Å². The second-order valence-corrected chi connectivity index (χ2v) is 4.65. The van der Waals surface area contributed by atoms with E-state index < -0.39 is 5.97 Å². The Hall–Kier alpha value is -1.85. The van der Waals surface area contributed by atoms with Crippen LogP contribution < -0.4 is 10.1 Å². The molecule has 0 aliphatic heterocycles. The van der Waals surface area contributed by atoms with Gasteiger partial charge in [0, 0.05) is 25.2 Å². The molecule has 1 atom stereocenters. The Labute approximate surface area is 119 Å². The minimum absolute atomic E-state index is 0.198. The van der Waals surface area contributed by atoms with Crippen molar-refractivity contribution in [1.82, 2.24) is 10.2 Å². The molecule has 1 aromatic rings. The van der Waals surface area contributed by atoms with Gasteiger partial charge >= 0.3 is 5.97 Å². The number of likely N-dealkylation sites (N-methyl/N-ethyl adjacent to an activating group) is 1. The van der Waals surface area contributed by atoms with E-state index in [1.54, 1.807) is 13.2 Å². The van der Waals surface area contributed by atoms with Crippen LogP contribution in [0.3, 0.4) is 0 Å². The number of nitrogens with zero attached hydrogens (tertiary/aromatic N) is 1. The van der Waals surface area contributed by atoms with Crippen LogP contribution in [0.15, 0.2) is 36.4 Å². The number of rotatable bonds is 8. The molecule has 0 bridgehead atoms. The summed E-state index contributed by atoms with van der Waals surface area (Å²) in [6.45, 7) is 1.25. The molecule has 0 radical (unpaired) electrons. The highest BCUT2D eigenvalue weighted by Gasteiger charge is 2.13. The van der Waals surface area contributed by atoms with Gasteiger partial charge in [-0.25, -0.2) is 4.79 Å². The van der Waals surface area contributed by atoms with Gasteiger partial charge < -0.3 is 20.1 Å². The summed E-state index contributed by atoms with van der Waals surface area (Å²) in [5.41, 5.74) is 1.16. The number of hydrogen-bond acceptors (Lipinski definition) is 4. The second-order valence-electron chi connectivity index (χ2n) is 4.65. The minimum atomic E-state index is -0.927. The molecular weight excluding hydrogens is 256 g/mol. The normalized spacial score (nSPS) is 12.8. The number of methoxy groups -OCH3 is 1. The lowest BCUT2D eigenvalue weighted by atomic mass is 10.1. The maximum absolute atomic E-state index is 10.4. The SMILES string of the molecule is COc1cccc(C(CNC/C=C/C(=O)O)N(C)C)c1. The smallest absolute Gasteiger partial charge is 0.328 e. The number of carboxylic acid groups (broad SMARTS) is 1. The maximum Gasteiger partial charge on any atom is 0.328 e. The Morgan fingerprint density at radius 2 is 2.25 bits per heavy atom. The van der Waals surface area contributed by atoms with Gasteiger partial charge in [0.25, 0.3) is 0 Å². The van der Waals surface area contributed by atoms with E-state index in [4.69, 9.17) is 9.84 Å². The van der Waals surface area contributed by atoms with Gasteiger partial charge in [-0.2, -0.15) is 0 Å². The van der Waals surface area contributed by atoms with Crippen molar-refractivity contribution in [3.05, 3.63) is 42.0 Å². The molecule has 110 valence electrons. The van der Waals surface area contributed by atoms with Crippen LogP contribution in [-0.2, 0) is 4.79 Å². The van der Waals surface area contributed by atoms with Gasteiger partial charge in [0.05, 0.1) is 7.11 Å². The van der Waals surface area contributed by atoms with Crippen LogP contribution in [0.1, 0.15) is 11.6 Å². The van der Waals surface area contributed by atoms with E-state index in [0.29, 0.717) is 6.54 Å². The Bertz CT molecular complexity index is 458. The lowest BCUT2D eigenvalue weighted by Crippen LogP contribution is -2.31. The molecule has 0 aliphatic rings. The van der Waals surface area contributed by atoms with Crippen molar-refractivity contribution in [2.75, 3.05) is 34.3 Å². The molecule has 5 heteroatoms. The molecule has 5 nitrogen and oxygen atoms in total. The molecule has 0 spiro atoms. The van der Waals surface area contributed by atoms with Crippen molar-refractivity contribution in [3.8, 4) is 5.75 Å². The predicted octanol–water partition coefficient (Wildman–Crippen LogP) is 1.53. The number of benzene rings is 1. The van der Waals surface area contributed by atoms with E-state index in [1.807, 2.05) is 32.3 Å². The number of nitrogens with one attached hydrogen (secondary N) is 1. The highest BCUT2D eigenvalue weighted by molar-refractivity contribution is 5.79. The monoisotopic (exact) mass is 278 g/mol. The van der Waals surface area contributed by atoms with E-state index >= 15 is 0 Å². The largest absolute Gasteiger partial charge is 0.497 e. The first-order valence-corrected chi connectivity index (χ1v) is 6.45. The van der Waals surface area contributed by atoms with Crippen molar-refractivity contribution in [1.29, 1.82) is 0 Å². The molecule has 20 heavy (non-hydrogen) atoms. The first-order valence-electron chi connectivity index (χ1n) is 6.45. The van der Waals surface area contributed by atoms with Gasteiger partial charge in [-0.15, -0.1) is 0 Å². The summed E-state index contributed by atoms with van der Waals surface area (Å²) in [6.07, 6.45) is 2.74. The molecule has 1 unspecified atom stereocenters. The minimum Gasteiger partial charge on any atom is -0.497 e. The fraction of sp³-hybridized carbons (Fsp3) is 0.400. The fourth-order valence-corrected chi connectivity index (χ4v) is 1.91. The zero-order valence-electron chi connectivity index (χ0n) is 12.2. The zero-order valence-corrected chi connectivity index (χ0v) is 12.2. The van der Waals surface area contributed by atoms with Crippen molar-refractivity contribution < 1.29 is 14.6 Å². The van der Waals surface area contributed by atoms with Crippen molar-refractivity contribution in [2.45, 2.75) is 6.04 Å². The molecule has 0 fully saturated rings. The number of carbonyl (C=O) groups is 1. The molecular formula is C15H22N2O3. The van der Waals surface area contributed by atoms with Crippen LogP contribution in [0.25, 0.3) is 0 Å². The summed E-state index contributed by atoms with van der Waals surface area (Å²) in [4.78, 5) is 12.5. The quantitative estimate of drug-likeness (QED) is 0.558. The summed E-state index contributed by atoms with van der Waals surface area (Å²) < 4.78 is 5.24. The number of aliphatic carboxylic acids is 1. The lowest BCUT2D eigenvalue weighted by molar-refractivity contribution is -0.131. The first-order chi connectivity index (χ1) is 9.54. The highest BCUT2D eigenvalue weighted by Crippen LogP contribution is 2.21. The van der Waals surface area contributed by atoms with Crippen LogP contribution in [-0.4, -0.2) is 50.3 Å². The summed E-state index contributed by atoms with van der Waals surface area (Å²) in [7, 11) is 5.68. The summed E-state index contributed by atoms with van der Waals surface area (Å²) >= 11 is 0. The molecule has 0 amide bonds. The molecule has 0 saturated carbocycles. The summed E-state index contributed by atoms with van der Waals surface area (Å²) in [5, 5.41) is 11.7. The Balaban J connectivity index is 2.62. The van der Waals surface area contributed by atoms with E-state index in [-0.39, 0.29) is 6.04 Å². The topological polar surface area (TPSA) is 61.8 Å². The molecule has 2 N–H and O–H groups in total. The van der Waals surface area contributed by atoms with Crippen molar-refractivity contribution in [2.24, 2.45) is 0 Å². The van der Waals surface area contributed by atoms with E-state index in [0.717, 1.165) is 23.9 Å². The van der Waals surface area contributed by atoms with Gasteiger partial charge in [-0.1, -0.05) is 18.2 Å². The van der Waals surface area contributed by atoms with Crippen LogP contribution in [0.5, 0.6) is 5.75 Å². The average Bonchev–Trinajstić information content (AvgIpc) is 2.42. The summed E-state index contributed by atoms with van der Waals surface area (Å²) in [6, 6.07) is 8.15. The van der Waals surface area contributed by atoms with Gasteiger partial charge in [-0.05, 0) is 31.8 Å². The molecule has 0 saturated heterocycles. The molecule has 0 aromatic heterocycles. The highest BCUT2D eigenvalue weighted by atomic mass is 16.5. The van der Waals surface area contributed by atoms with Crippen molar-refractivity contribution >= 4 is 5.97 Å². The summed E-state index contributed by atoms with van der Waals surface area (Å²) in [5.74, 6) is -0.0936. The third-order valence-electron chi connectivity index (χ3n) is 2.96. The lowest BCUT2D eigenvalue weighted by Gasteiger charge is -2.25. The third-order valence-corrected chi connectivity index (χ3v) is 2.96. The maximum atomic E-state index is 10.4. The van der Waals surface area contributed by atoms with Crippen LogP contribution in [0.4, 0.5) is 0 Å². The van der Waals surface area contributed by atoms with Crippen molar-refractivity contribution in [3.63, 3.8) is 0 Å². The van der Waals surface area contributed by atoms with Crippen LogP contribution in [0.2, 0.25) is 0 Å². The number of ether oxygens (including phenoxy) is 1. The molecule has 1 rings (SSSR count). The fourth-order valence-electron chi connectivity index (χ4n) is 1.91. The molecule has 0 heterocycles. The van der Waals surface area contributed by atoms with Gasteiger partial charge in [0.2, 0.25) is 0 Å². The Morgan fingerprint density at radius 1 is 1.50 bits per heavy atom. The Morgan fingerprint density at radius 3 is 2.85 bits per heavy atom. The van der Waals surface area contributed by atoms with Gasteiger partial charge in [0.15, 0.2) is 0 Å². The Kier molecular flexibility index (Phi) is 6.76. The van der Waals surface area contributed by atoms with E-state index in [2.05, 4.69) is 16.3 Å². The standard InChI is InChI=1S/C15H22N2O3/c1-17(2)14(11-16-9-5-8-15(18)19)12-6-4-7-13(10-12)20-3/h4-8,10,14,16H,9,11H2,1-3H3,(H,18,19)/b8-5+. The third kappa shape index (κ3) is 5.42. The van der Waals surface area contributed by atoms with Gasteiger partial charge in [0.1, 0.15) is 5.75 Å². The van der Waals surface area contributed by atoms with Gasteiger partial charge in [-0.3, -0.25) is 0 Å². The zero-order chi connectivity index (χ0) is 15.0. The van der Waals surface area contributed by atoms with E-state index in [9.17, 15) is 4.79 Å². The average molecular weight is 278 g/mol. The number of carboxylic acids is 1. The molecule has 1 aromatic carbocycles. The predicted molar refractivity (Wildman–Crippen MR) is 79.1 cm³/mol. The molecule has 0 aliphatic carbocycles. The first kappa shape index (κ1) is 16.2. The number of hydrogen-bond donors (Lipinski definition) is 2. The van der Waals surface area contributed by atoms with E-state index in [1.165, 1.54) is 0 Å². The van der Waals surface area contributed by atoms with Crippen LogP contribution in [0, 0.1) is 0 Å². The second kappa shape index (κ2) is 8.35.